The number of anilines is 1. The van der Waals surface area contributed by atoms with Crippen LogP contribution in [0.15, 0.2) is 57.3 Å². The monoisotopic (exact) mass is 437 g/mol. The Bertz CT molecular complexity index is 1250. The number of carbonyl (C=O) groups excluding carboxylic acids is 1. The summed E-state index contributed by atoms with van der Waals surface area (Å²) in [5.74, 6) is -0.206. The van der Waals surface area contributed by atoms with Crippen molar-refractivity contribution in [3.8, 4) is 0 Å². The van der Waals surface area contributed by atoms with Crippen molar-refractivity contribution in [1.29, 1.82) is 0 Å². The lowest BCUT2D eigenvalue weighted by molar-refractivity contribution is 0.0967. The third kappa shape index (κ3) is 3.97. The molecule has 0 unspecified atom stereocenters. The standard InChI is InChI=1S/C24H24FN3O2S/c1-14-17-13-16(28(3)4)6-8-21(17)30-22(14)20(29)12-15-5-7-19(25)18(11-15)24(2)9-10-31-23(26)27-24/h5-11,13H,12H2,1-4H3,(H2,26,27)/t24-/m0/s1. The predicted octanol–water partition coefficient (Wildman–Crippen LogP) is 5.16. The number of halogens is 1. The van der Waals surface area contributed by atoms with E-state index in [0.29, 0.717) is 27.6 Å². The first kappa shape index (κ1) is 21.2. The molecule has 2 heterocycles. The van der Waals surface area contributed by atoms with Crippen LogP contribution in [0.5, 0.6) is 0 Å². The zero-order valence-corrected chi connectivity index (χ0v) is 18.7. The summed E-state index contributed by atoms with van der Waals surface area (Å²) < 4.78 is 20.5. The number of carbonyl (C=O) groups is 1. The van der Waals surface area contributed by atoms with E-state index in [1.807, 2.05) is 50.2 Å². The molecule has 2 N–H and O–H groups in total. The quantitative estimate of drug-likeness (QED) is 0.558. The second-order valence-corrected chi connectivity index (χ2v) is 8.99. The van der Waals surface area contributed by atoms with Crippen LogP contribution >= 0.6 is 11.8 Å². The first-order valence-electron chi connectivity index (χ1n) is 9.90. The summed E-state index contributed by atoms with van der Waals surface area (Å²) in [7, 11) is 3.93. The Morgan fingerprint density at radius 2 is 2.03 bits per heavy atom. The summed E-state index contributed by atoms with van der Waals surface area (Å²) in [6.45, 7) is 3.68. The topological polar surface area (TPSA) is 71.8 Å². The molecule has 3 aromatic rings. The molecule has 2 aromatic carbocycles. The van der Waals surface area contributed by atoms with Gasteiger partial charge in [-0.1, -0.05) is 17.8 Å². The van der Waals surface area contributed by atoms with Crippen LogP contribution in [0.1, 0.15) is 34.2 Å². The first-order valence-corrected chi connectivity index (χ1v) is 10.8. The minimum absolute atomic E-state index is 0.0994. The summed E-state index contributed by atoms with van der Waals surface area (Å²) in [6, 6.07) is 10.5. The Labute approximate surface area is 184 Å². The molecular formula is C24H24FN3O2S. The number of nitrogens with two attached hydrogens (primary N) is 1. The van der Waals surface area contributed by atoms with Crippen LogP contribution in [-0.4, -0.2) is 25.0 Å². The second-order valence-electron chi connectivity index (χ2n) is 8.06. The number of fused-ring (bicyclic) bond motifs is 1. The summed E-state index contributed by atoms with van der Waals surface area (Å²) in [6.07, 6.45) is 1.91. The Morgan fingerprint density at radius 3 is 2.74 bits per heavy atom. The minimum atomic E-state index is -0.906. The second kappa shape index (κ2) is 7.89. The molecule has 1 aromatic heterocycles. The van der Waals surface area contributed by atoms with Gasteiger partial charge in [-0.25, -0.2) is 9.38 Å². The summed E-state index contributed by atoms with van der Waals surface area (Å²) in [5.41, 5.74) is 8.53. The number of hydrogen-bond donors (Lipinski definition) is 1. The number of ketones is 1. The number of amidine groups is 1. The molecule has 0 radical (unpaired) electrons. The number of rotatable bonds is 5. The fourth-order valence-electron chi connectivity index (χ4n) is 3.77. The number of Topliss-reactive ketones (excluding diaryl/α,β-unsaturated/α-hetero) is 1. The van der Waals surface area contributed by atoms with Gasteiger partial charge in [0.05, 0.1) is 0 Å². The fraction of sp³-hybridized carbons (Fsp3) is 0.250. The van der Waals surface area contributed by atoms with Crippen molar-refractivity contribution >= 4 is 39.4 Å². The highest BCUT2D eigenvalue weighted by atomic mass is 32.2. The van der Waals surface area contributed by atoms with Gasteiger partial charge in [0.1, 0.15) is 16.9 Å². The molecule has 0 fully saturated rings. The normalized spacial score (nSPS) is 18.3. The van der Waals surface area contributed by atoms with Crippen LogP contribution in [0.25, 0.3) is 11.0 Å². The highest BCUT2D eigenvalue weighted by Gasteiger charge is 2.29. The number of hydrogen-bond acceptors (Lipinski definition) is 6. The molecule has 7 heteroatoms. The SMILES string of the molecule is Cc1c(C(=O)Cc2ccc(F)c([C@]3(C)C=CSC(N)=N3)c2)oc2ccc(N(C)C)cc12. The first-order chi connectivity index (χ1) is 14.7. The Kier molecular flexibility index (Phi) is 5.39. The molecule has 0 saturated carbocycles. The molecule has 0 aliphatic carbocycles. The average Bonchev–Trinajstić information content (AvgIpc) is 3.05. The van der Waals surface area contributed by atoms with Crippen LogP contribution in [0, 0.1) is 12.7 Å². The molecule has 0 saturated heterocycles. The predicted molar refractivity (Wildman–Crippen MR) is 125 cm³/mol. The van der Waals surface area contributed by atoms with E-state index in [9.17, 15) is 9.18 Å². The van der Waals surface area contributed by atoms with E-state index >= 15 is 0 Å². The smallest absolute Gasteiger partial charge is 0.202 e. The van der Waals surface area contributed by atoms with E-state index in [0.717, 1.165) is 16.6 Å². The maximum absolute atomic E-state index is 14.6. The number of nitrogens with zero attached hydrogens (tertiary/aromatic N) is 2. The van der Waals surface area contributed by atoms with Gasteiger partial charge in [0, 0.05) is 42.7 Å². The van der Waals surface area contributed by atoms with Gasteiger partial charge < -0.3 is 15.1 Å². The van der Waals surface area contributed by atoms with Gasteiger partial charge in [-0.3, -0.25) is 4.79 Å². The number of thioether (sulfide) groups is 1. The lowest BCUT2D eigenvalue weighted by Gasteiger charge is -2.26. The number of benzene rings is 2. The highest BCUT2D eigenvalue weighted by Crippen LogP contribution is 2.35. The molecule has 4 rings (SSSR count). The number of aliphatic imine (C=N–C) groups is 1. The van der Waals surface area contributed by atoms with Crippen molar-refractivity contribution < 1.29 is 13.6 Å². The van der Waals surface area contributed by atoms with E-state index in [1.165, 1.54) is 17.8 Å². The van der Waals surface area contributed by atoms with E-state index in [4.69, 9.17) is 10.2 Å². The molecule has 0 spiro atoms. The third-order valence-corrected chi connectivity index (χ3v) is 6.16. The van der Waals surface area contributed by atoms with Gasteiger partial charge in [0.2, 0.25) is 5.78 Å². The molecule has 0 amide bonds. The molecule has 1 atom stereocenters. The van der Waals surface area contributed by atoms with Gasteiger partial charge in [-0.15, -0.1) is 0 Å². The summed E-state index contributed by atoms with van der Waals surface area (Å²) >= 11 is 1.29. The van der Waals surface area contributed by atoms with Crippen molar-refractivity contribution in [3.63, 3.8) is 0 Å². The molecule has 31 heavy (non-hydrogen) atoms. The molecule has 0 bridgehead atoms. The van der Waals surface area contributed by atoms with Crippen molar-refractivity contribution in [2.45, 2.75) is 25.8 Å². The maximum Gasteiger partial charge on any atom is 0.202 e. The number of aryl methyl sites for hydroxylation is 1. The Balaban J connectivity index is 1.66. The van der Waals surface area contributed by atoms with Crippen LogP contribution in [0.4, 0.5) is 10.1 Å². The van der Waals surface area contributed by atoms with E-state index in [-0.39, 0.29) is 18.0 Å². The lowest BCUT2D eigenvalue weighted by Crippen LogP contribution is -2.25. The van der Waals surface area contributed by atoms with Gasteiger partial charge in [-0.05, 0) is 61.2 Å². The lowest BCUT2D eigenvalue weighted by atomic mass is 9.90. The van der Waals surface area contributed by atoms with Gasteiger partial charge >= 0.3 is 0 Å². The van der Waals surface area contributed by atoms with Gasteiger partial charge in [0.15, 0.2) is 10.9 Å². The van der Waals surface area contributed by atoms with Crippen molar-refractivity contribution in [2.75, 3.05) is 19.0 Å². The van der Waals surface area contributed by atoms with E-state index in [1.54, 1.807) is 24.5 Å². The van der Waals surface area contributed by atoms with E-state index < -0.39 is 5.54 Å². The zero-order valence-electron chi connectivity index (χ0n) is 17.9. The maximum atomic E-state index is 14.6. The van der Waals surface area contributed by atoms with Crippen LogP contribution < -0.4 is 10.6 Å². The van der Waals surface area contributed by atoms with Crippen molar-refractivity contribution in [2.24, 2.45) is 10.7 Å². The highest BCUT2D eigenvalue weighted by molar-refractivity contribution is 8.16. The zero-order chi connectivity index (χ0) is 22.3. The summed E-state index contributed by atoms with van der Waals surface area (Å²) in [5, 5.41) is 3.09. The number of furan rings is 1. The van der Waals surface area contributed by atoms with Crippen LogP contribution in [0.2, 0.25) is 0 Å². The van der Waals surface area contributed by atoms with Gasteiger partial charge in [0.25, 0.3) is 0 Å². The molecule has 1 aliphatic heterocycles. The van der Waals surface area contributed by atoms with Crippen LogP contribution in [-0.2, 0) is 12.0 Å². The van der Waals surface area contributed by atoms with E-state index in [2.05, 4.69) is 4.99 Å². The molecule has 1 aliphatic rings. The largest absolute Gasteiger partial charge is 0.453 e. The van der Waals surface area contributed by atoms with Gasteiger partial charge in [-0.2, -0.15) is 0 Å². The molecule has 5 nitrogen and oxygen atoms in total. The Hall–Kier alpha value is -3.06. The third-order valence-electron chi connectivity index (χ3n) is 5.55. The molecule has 160 valence electrons. The average molecular weight is 438 g/mol. The van der Waals surface area contributed by atoms with Crippen molar-refractivity contribution in [1.82, 2.24) is 0 Å². The summed E-state index contributed by atoms with van der Waals surface area (Å²) in [4.78, 5) is 19.5. The molecular weight excluding hydrogens is 413 g/mol. The van der Waals surface area contributed by atoms with Crippen LogP contribution in [0.3, 0.4) is 0 Å². The van der Waals surface area contributed by atoms with Crippen molar-refractivity contribution in [3.05, 3.63) is 76.2 Å². The minimum Gasteiger partial charge on any atom is -0.453 e. The Morgan fingerprint density at radius 1 is 1.26 bits per heavy atom. The fourth-order valence-corrected chi connectivity index (χ4v) is 4.48.